The first-order valence-electron chi connectivity index (χ1n) is 12.5. The van der Waals surface area contributed by atoms with Crippen LogP contribution in [-0.4, -0.2) is 4.98 Å². The highest BCUT2D eigenvalue weighted by molar-refractivity contribution is 6.14. The van der Waals surface area contributed by atoms with E-state index < -0.39 is 0 Å². The lowest BCUT2D eigenvalue weighted by Crippen LogP contribution is -2.53. The van der Waals surface area contributed by atoms with E-state index in [9.17, 15) is 0 Å². The Labute approximate surface area is 204 Å². The molecule has 2 aromatic heterocycles. The largest absolute Gasteiger partial charge is 0.419 e. The molecule has 170 valence electrons. The Morgan fingerprint density at radius 2 is 1.60 bits per heavy atom. The Kier molecular flexibility index (Phi) is 3.30. The zero-order chi connectivity index (χ0) is 23.9. The lowest BCUT2D eigenvalue weighted by molar-refractivity contribution is -0.732. The number of hydrogen-bond acceptors (Lipinski definition) is 2. The molecule has 0 spiro atoms. The molecule has 2 unspecified atom stereocenters. The van der Waals surface area contributed by atoms with Crippen molar-refractivity contribution in [3.05, 3.63) is 83.2 Å². The van der Waals surface area contributed by atoms with Gasteiger partial charge in [-0.2, -0.15) is 0 Å². The lowest BCUT2D eigenvalue weighted by atomic mass is 9.78. The number of fused-ring (bicyclic) bond motifs is 13. The molecule has 3 nitrogen and oxygen atoms in total. The summed E-state index contributed by atoms with van der Waals surface area (Å²) >= 11 is 0. The van der Waals surface area contributed by atoms with Crippen LogP contribution in [0.1, 0.15) is 42.5 Å². The van der Waals surface area contributed by atoms with E-state index in [0.717, 1.165) is 28.5 Å². The molecule has 3 heterocycles. The summed E-state index contributed by atoms with van der Waals surface area (Å²) in [6, 6.07) is 20.1. The fourth-order valence-corrected chi connectivity index (χ4v) is 7.34. The Morgan fingerprint density at radius 1 is 0.857 bits per heavy atom. The summed E-state index contributed by atoms with van der Waals surface area (Å²) in [6.45, 7) is 11.6. The SMILES string of the molecule is Cc1cc(C)c2c(C)cc3c(c2c1)C1(C)CC1(C)[n+]1cnc2oc4cc5ccccc5cc4c2c1-3. The van der Waals surface area contributed by atoms with Crippen LogP contribution >= 0.6 is 0 Å². The van der Waals surface area contributed by atoms with Gasteiger partial charge in [0, 0.05) is 22.8 Å². The summed E-state index contributed by atoms with van der Waals surface area (Å²) < 4.78 is 8.83. The number of hydrogen-bond donors (Lipinski definition) is 0. The van der Waals surface area contributed by atoms with Gasteiger partial charge in [0.15, 0.2) is 5.69 Å². The molecular weight excluding hydrogens is 428 g/mol. The summed E-state index contributed by atoms with van der Waals surface area (Å²) in [5.74, 6) is 0. The van der Waals surface area contributed by atoms with Crippen molar-refractivity contribution in [3.63, 3.8) is 0 Å². The van der Waals surface area contributed by atoms with Crippen LogP contribution < -0.4 is 4.57 Å². The zero-order valence-corrected chi connectivity index (χ0v) is 20.8. The molecule has 35 heavy (non-hydrogen) atoms. The van der Waals surface area contributed by atoms with E-state index in [1.807, 2.05) is 6.33 Å². The van der Waals surface area contributed by atoms with E-state index in [2.05, 4.69) is 93.8 Å². The topological polar surface area (TPSA) is 29.9 Å². The molecule has 1 saturated carbocycles. The van der Waals surface area contributed by atoms with Gasteiger partial charge in [0.05, 0.1) is 0 Å². The van der Waals surface area contributed by atoms with Crippen LogP contribution in [0.4, 0.5) is 0 Å². The molecule has 3 heteroatoms. The van der Waals surface area contributed by atoms with Crippen LogP contribution in [0.5, 0.6) is 0 Å². The average molecular weight is 456 g/mol. The molecule has 1 aliphatic heterocycles. The minimum atomic E-state index is -0.00317. The van der Waals surface area contributed by atoms with Gasteiger partial charge in [0.1, 0.15) is 16.5 Å². The van der Waals surface area contributed by atoms with Crippen LogP contribution in [0.3, 0.4) is 0 Å². The predicted molar refractivity (Wildman–Crippen MR) is 142 cm³/mol. The Hall–Kier alpha value is -3.72. The molecule has 0 amide bonds. The summed E-state index contributed by atoms with van der Waals surface area (Å²) in [4.78, 5) is 4.86. The van der Waals surface area contributed by atoms with Gasteiger partial charge < -0.3 is 4.42 Å². The number of nitrogens with zero attached hydrogens (tertiary/aromatic N) is 2. The summed E-state index contributed by atoms with van der Waals surface area (Å²) in [5.41, 5.74) is 9.80. The third-order valence-electron chi connectivity index (χ3n) is 9.18. The van der Waals surface area contributed by atoms with Gasteiger partial charge in [0.2, 0.25) is 0 Å². The van der Waals surface area contributed by atoms with Crippen molar-refractivity contribution >= 4 is 43.6 Å². The Bertz CT molecular complexity index is 1950. The molecular formula is C32H27N2O+. The molecule has 0 N–H and O–H groups in total. The van der Waals surface area contributed by atoms with Gasteiger partial charge in [-0.25, -0.2) is 4.57 Å². The second kappa shape index (κ2) is 5.91. The molecule has 2 aliphatic rings. The third kappa shape index (κ3) is 2.18. The molecule has 0 saturated heterocycles. The summed E-state index contributed by atoms with van der Waals surface area (Å²) in [6.07, 6.45) is 3.14. The molecule has 1 fully saturated rings. The van der Waals surface area contributed by atoms with E-state index in [4.69, 9.17) is 9.40 Å². The van der Waals surface area contributed by atoms with Crippen molar-refractivity contribution < 1.29 is 8.98 Å². The fraction of sp³-hybridized carbons (Fsp3) is 0.250. The van der Waals surface area contributed by atoms with E-state index in [1.165, 1.54) is 55.1 Å². The van der Waals surface area contributed by atoms with Crippen LogP contribution in [-0.2, 0) is 11.0 Å². The van der Waals surface area contributed by atoms with Crippen LogP contribution in [0.2, 0.25) is 0 Å². The standard InChI is InChI=1S/C32H27N2O/c1-17-10-18(2)26-19(3)12-24-28(23(26)11-17)31(4)15-32(31,5)34-16-33-30-27(29(24)34)22-13-20-8-6-7-9-21(20)14-25(22)35-30/h6-14,16H,15H2,1-5H3/q+1. The Morgan fingerprint density at radius 3 is 2.40 bits per heavy atom. The van der Waals surface area contributed by atoms with Gasteiger partial charge in [-0.3, -0.25) is 0 Å². The average Bonchev–Trinajstić information content (AvgIpc) is 3.23. The van der Waals surface area contributed by atoms with Gasteiger partial charge in [0.25, 0.3) is 6.33 Å². The molecule has 0 bridgehead atoms. The van der Waals surface area contributed by atoms with Gasteiger partial charge in [-0.15, -0.1) is 0 Å². The maximum absolute atomic E-state index is 6.38. The maximum Gasteiger partial charge on any atom is 0.345 e. The highest BCUT2D eigenvalue weighted by Gasteiger charge is 2.71. The second-order valence-corrected chi connectivity index (χ2v) is 11.3. The molecule has 1 aliphatic carbocycles. The van der Waals surface area contributed by atoms with E-state index in [1.54, 1.807) is 0 Å². The molecule has 8 rings (SSSR count). The van der Waals surface area contributed by atoms with Gasteiger partial charge in [-0.05, 0) is 89.1 Å². The number of aryl methyl sites for hydroxylation is 3. The molecule has 4 aromatic carbocycles. The van der Waals surface area contributed by atoms with Crippen molar-refractivity contribution in [2.75, 3.05) is 0 Å². The number of benzene rings is 4. The highest BCUT2D eigenvalue weighted by atomic mass is 16.3. The van der Waals surface area contributed by atoms with Crippen molar-refractivity contribution in [2.45, 2.75) is 52.0 Å². The number of furan rings is 1. The van der Waals surface area contributed by atoms with Gasteiger partial charge in [-0.1, -0.05) is 48.9 Å². The molecule has 0 radical (unpaired) electrons. The first-order chi connectivity index (χ1) is 16.8. The monoisotopic (exact) mass is 455 g/mol. The number of aromatic nitrogens is 2. The Balaban J connectivity index is 1.60. The van der Waals surface area contributed by atoms with E-state index in [0.29, 0.717) is 0 Å². The third-order valence-corrected chi connectivity index (χ3v) is 9.18. The van der Waals surface area contributed by atoms with Crippen molar-refractivity contribution in [2.24, 2.45) is 0 Å². The quantitative estimate of drug-likeness (QED) is 0.221. The fourth-order valence-electron chi connectivity index (χ4n) is 7.34. The van der Waals surface area contributed by atoms with Crippen molar-refractivity contribution in [1.82, 2.24) is 4.98 Å². The zero-order valence-electron chi connectivity index (χ0n) is 20.8. The molecule has 2 atom stereocenters. The number of rotatable bonds is 0. The predicted octanol–water partition coefficient (Wildman–Crippen LogP) is 7.56. The van der Waals surface area contributed by atoms with Crippen molar-refractivity contribution in [1.29, 1.82) is 0 Å². The van der Waals surface area contributed by atoms with Crippen molar-refractivity contribution in [3.8, 4) is 11.3 Å². The van der Waals surface area contributed by atoms with Crippen LogP contribution in [0.25, 0.3) is 54.9 Å². The maximum atomic E-state index is 6.38. The summed E-state index contributed by atoms with van der Waals surface area (Å²) in [7, 11) is 0. The minimum Gasteiger partial charge on any atom is -0.419 e. The van der Waals surface area contributed by atoms with E-state index >= 15 is 0 Å². The smallest absolute Gasteiger partial charge is 0.345 e. The highest BCUT2D eigenvalue weighted by Crippen LogP contribution is 2.66. The van der Waals surface area contributed by atoms with Gasteiger partial charge >= 0.3 is 5.71 Å². The minimum absolute atomic E-state index is 0.00317. The first-order valence-corrected chi connectivity index (χ1v) is 12.5. The summed E-state index contributed by atoms with van der Waals surface area (Å²) in [5, 5.41) is 7.52. The normalized spacial score (nSPS) is 22.5. The lowest BCUT2D eigenvalue weighted by Gasteiger charge is -2.30. The van der Waals surface area contributed by atoms with Crippen LogP contribution in [0.15, 0.2) is 65.3 Å². The van der Waals surface area contributed by atoms with E-state index in [-0.39, 0.29) is 11.0 Å². The first kappa shape index (κ1) is 19.6. The molecule has 6 aromatic rings. The van der Waals surface area contributed by atoms with Crippen LogP contribution in [0, 0.1) is 20.8 Å². The second-order valence-electron chi connectivity index (χ2n) is 11.3.